The highest BCUT2D eigenvalue weighted by molar-refractivity contribution is 5.70. The van der Waals surface area contributed by atoms with Crippen molar-refractivity contribution < 1.29 is 14.3 Å². The second kappa shape index (κ2) is 11.6. The van der Waals surface area contributed by atoms with E-state index in [4.69, 9.17) is 14.5 Å². The molecule has 3 rings (SSSR count). The number of hydrogen-bond donors (Lipinski definition) is 0. The number of carbonyl (C=O) groups is 1. The second-order valence-corrected chi connectivity index (χ2v) is 8.91. The second-order valence-electron chi connectivity index (χ2n) is 8.91. The van der Waals surface area contributed by atoms with Gasteiger partial charge in [0, 0.05) is 43.4 Å². The minimum absolute atomic E-state index is 0.159. The number of ether oxygens (including phenoxy) is 2. The quantitative estimate of drug-likeness (QED) is 0.402. The molecule has 0 radical (unpaired) electrons. The maximum Gasteiger partial charge on any atom is 0.307 e. The lowest BCUT2D eigenvalue weighted by Crippen LogP contribution is -2.34. The van der Waals surface area contributed by atoms with Crippen LogP contribution in [0.5, 0.6) is 5.75 Å². The van der Waals surface area contributed by atoms with Crippen LogP contribution in [0.2, 0.25) is 0 Å². The van der Waals surface area contributed by atoms with Crippen molar-refractivity contribution in [1.29, 1.82) is 0 Å². The number of carbonyl (C=O) groups excluding carboxylic acids is 1. The summed E-state index contributed by atoms with van der Waals surface area (Å²) in [6.07, 6.45) is 12.5. The predicted molar refractivity (Wildman–Crippen MR) is 131 cm³/mol. The first kappa shape index (κ1) is 24.4. The fourth-order valence-corrected chi connectivity index (χ4v) is 3.47. The molecule has 1 aromatic heterocycles. The maximum absolute atomic E-state index is 12.0. The van der Waals surface area contributed by atoms with Crippen LogP contribution in [0, 0.1) is 0 Å². The standard InChI is InChI=1S/C27H33N3O3/c1-5-6-7-8-9-18-32-23-12-10-21(11-13-23)26-28-19-22-20-30(16-14-24(22)29-26)17-15-25(31)33-27(2,3)4/h5-13,19H,1,14-18,20H2,2-4H3/b7-6-,9-8+. The van der Waals surface area contributed by atoms with Gasteiger partial charge in [-0.25, -0.2) is 9.97 Å². The fraction of sp³-hybridized carbons (Fsp3) is 0.370. The molecule has 0 N–H and O–H groups in total. The number of fused-ring (bicyclic) bond motifs is 1. The Morgan fingerprint density at radius 1 is 1.18 bits per heavy atom. The van der Waals surface area contributed by atoms with Crippen LogP contribution in [-0.2, 0) is 22.5 Å². The minimum Gasteiger partial charge on any atom is -0.490 e. The fourth-order valence-electron chi connectivity index (χ4n) is 3.47. The van der Waals surface area contributed by atoms with Gasteiger partial charge in [-0.15, -0.1) is 0 Å². The topological polar surface area (TPSA) is 64.6 Å². The number of nitrogens with zero attached hydrogens (tertiary/aromatic N) is 3. The van der Waals surface area contributed by atoms with Crippen LogP contribution in [0.3, 0.4) is 0 Å². The average Bonchev–Trinajstić information content (AvgIpc) is 2.79. The molecule has 0 spiro atoms. The molecular weight excluding hydrogens is 414 g/mol. The van der Waals surface area contributed by atoms with Crippen LogP contribution in [0.25, 0.3) is 11.4 Å². The van der Waals surface area contributed by atoms with Crippen molar-refractivity contribution in [1.82, 2.24) is 14.9 Å². The van der Waals surface area contributed by atoms with Crippen LogP contribution in [-0.4, -0.2) is 46.1 Å². The summed E-state index contributed by atoms with van der Waals surface area (Å²) in [5.74, 6) is 1.36. The van der Waals surface area contributed by atoms with Gasteiger partial charge in [0.2, 0.25) is 0 Å². The number of rotatable bonds is 9. The lowest BCUT2D eigenvalue weighted by atomic mass is 10.1. The molecule has 1 aliphatic heterocycles. The molecule has 0 fully saturated rings. The van der Waals surface area contributed by atoms with Gasteiger partial charge in [-0.3, -0.25) is 9.69 Å². The van der Waals surface area contributed by atoms with E-state index in [0.717, 1.165) is 47.9 Å². The average molecular weight is 448 g/mol. The molecule has 33 heavy (non-hydrogen) atoms. The molecule has 0 unspecified atom stereocenters. The summed E-state index contributed by atoms with van der Waals surface area (Å²) in [4.78, 5) is 23.6. The highest BCUT2D eigenvalue weighted by atomic mass is 16.6. The lowest BCUT2D eigenvalue weighted by Gasteiger charge is -2.28. The Balaban J connectivity index is 1.53. The number of benzene rings is 1. The van der Waals surface area contributed by atoms with Gasteiger partial charge in [0.25, 0.3) is 0 Å². The Morgan fingerprint density at radius 3 is 2.70 bits per heavy atom. The van der Waals surface area contributed by atoms with Gasteiger partial charge < -0.3 is 9.47 Å². The first-order valence-corrected chi connectivity index (χ1v) is 11.3. The van der Waals surface area contributed by atoms with Gasteiger partial charge in [0.05, 0.1) is 12.1 Å². The van der Waals surface area contributed by atoms with Crippen molar-refractivity contribution in [3.63, 3.8) is 0 Å². The van der Waals surface area contributed by atoms with Gasteiger partial charge in [-0.2, -0.15) is 0 Å². The van der Waals surface area contributed by atoms with Crippen LogP contribution in [0.4, 0.5) is 0 Å². The molecule has 1 aliphatic rings. The zero-order valence-electron chi connectivity index (χ0n) is 19.8. The first-order valence-electron chi connectivity index (χ1n) is 11.3. The zero-order chi connectivity index (χ0) is 23.7. The zero-order valence-corrected chi connectivity index (χ0v) is 19.8. The molecule has 0 atom stereocenters. The van der Waals surface area contributed by atoms with Crippen LogP contribution < -0.4 is 4.74 Å². The monoisotopic (exact) mass is 447 g/mol. The largest absolute Gasteiger partial charge is 0.490 e. The molecule has 0 saturated heterocycles. The van der Waals surface area contributed by atoms with Crippen LogP contribution in [0.1, 0.15) is 38.4 Å². The third-order valence-electron chi connectivity index (χ3n) is 5.02. The Bertz CT molecular complexity index is 1000. The molecule has 6 nitrogen and oxygen atoms in total. The molecule has 174 valence electrons. The van der Waals surface area contributed by atoms with Crippen LogP contribution >= 0.6 is 0 Å². The SMILES string of the molecule is C=C/C=C\C=C\COc1ccc(-c2ncc3c(n2)CCN(CCC(=O)OC(C)(C)C)C3)cc1. The van der Waals surface area contributed by atoms with E-state index in [1.807, 2.05) is 75.5 Å². The Hall–Kier alpha value is -3.25. The minimum atomic E-state index is -0.444. The number of aromatic nitrogens is 2. The Morgan fingerprint density at radius 2 is 1.97 bits per heavy atom. The normalized spacial score (nSPS) is 14.4. The summed E-state index contributed by atoms with van der Waals surface area (Å²) in [5, 5.41) is 0. The van der Waals surface area contributed by atoms with Crippen molar-refractivity contribution in [3.05, 3.63) is 78.7 Å². The Kier molecular flexibility index (Phi) is 8.55. The van der Waals surface area contributed by atoms with E-state index in [0.29, 0.717) is 19.6 Å². The van der Waals surface area contributed by atoms with Gasteiger partial charge in [0.15, 0.2) is 5.82 Å². The summed E-state index contributed by atoms with van der Waals surface area (Å²) in [6, 6.07) is 7.83. The molecule has 2 heterocycles. The third kappa shape index (κ3) is 7.99. The first-order chi connectivity index (χ1) is 15.8. The van der Waals surface area contributed by atoms with E-state index in [9.17, 15) is 4.79 Å². The number of allylic oxidation sites excluding steroid dienone is 4. The summed E-state index contributed by atoms with van der Waals surface area (Å²) in [6.45, 7) is 12.1. The molecule has 6 heteroatoms. The molecule has 0 saturated carbocycles. The van der Waals surface area contributed by atoms with Crippen molar-refractivity contribution in [3.8, 4) is 17.1 Å². The maximum atomic E-state index is 12.0. The molecule has 0 aliphatic carbocycles. The Labute approximate surface area is 196 Å². The van der Waals surface area contributed by atoms with Gasteiger partial charge >= 0.3 is 5.97 Å². The summed E-state index contributed by atoms with van der Waals surface area (Å²) >= 11 is 0. The third-order valence-corrected chi connectivity index (χ3v) is 5.02. The van der Waals surface area contributed by atoms with E-state index in [-0.39, 0.29) is 5.97 Å². The van der Waals surface area contributed by atoms with Gasteiger partial charge in [-0.05, 0) is 51.1 Å². The summed E-state index contributed by atoms with van der Waals surface area (Å²) in [5.41, 5.74) is 2.71. The smallest absolute Gasteiger partial charge is 0.307 e. The summed E-state index contributed by atoms with van der Waals surface area (Å²) in [7, 11) is 0. The van der Waals surface area contributed by atoms with Crippen molar-refractivity contribution in [2.75, 3.05) is 19.7 Å². The van der Waals surface area contributed by atoms with Crippen molar-refractivity contribution in [2.24, 2.45) is 0 Å². The molecule has 2 aromatic rings. The highest BCUT2D eigenvalue weighted by Crippen LogP contribution is 2.23. The number of hydrogen-bond acceptors (Lipinski definition) is 6. The van der Waals surface area contributed by atoms with E-state index in [1.165, 1.54) is 0 Å². The van der Waals surface area contributed by atoms with E-state index >= 15 is 0 Å². The molecular formula is C27H33N3O3. The molecule has 0 bridgehead atoms. The van der Waals surface area contributed by atoms with Crippen molar-refractivity contribution in [2.45, 2.75) is 45.8 Å². The highest BCUT2D eigenvalue weighted by Gasteiger charge is 2.21. The van der Waals surface area contributed by atoms with Crippen LogP contribution in [0.15, 0.2) is 67.4 Å². The number of esters is 1. The van der Waals surface area contributed by atoms with Crippen molar-refractivity contribution >= 4 is 5.97 Å². The van der Waals surface area contributed by atoms with Gasteiger partial charge in [0.1, 0.15) is 18.0 Å². The molecule has 1 aromatic carbocycles. The molecule has 0 amide bonds. The predicted octanol–water partition coefficient (Wildman–Crippen LogP) is 4.91. The van der Waals surface area contributed by atoms with E-state index in [2.05, 4.69) is 16.5 Å². The summed E-state index contributed by atoms with van der Waals surface area (Å²) < 4.78 is 11.1. The lowest BCUT2D eigenvalue weighted by molar-refractivity contribution is -0.155. The van der Waals surface area contributed by atoms with E-state index in [1.54, 1.807) is 6.08 Å². The van der Waals surface area contributed by atoms with E-state index < -0.39 is 5.60 Å². The van der Waals surface area contributed by atoms with Gasteiger partial charge in [-0.1, -0.05) is 30.9 Å².